The first-order valence-electron chi connectivity index (χ1n) is 12.7. The quantitative estimate of drug-likeness (QED) is 0.207. The number of esters is 1. The van der Waals surface area contributed by atoms with E-state index in [0.717, 1.165) is 19.3 Å². The van der Waals surface area contributed by atoms with Gasteiger partial charge in [0.2, 0.25) is 11.8 Å². The third-order valence-corrected chi connectivity index (χ3v) is 11.1. The lowest BCUT2D eigenvalue weighted by Crippen LogP contribution is -2.59. The summed E-state index contributed by atoms with van der Waals surface area (Å²) in [6.07, 6.45) is 6.36. The lowest BCUT2D eigenvalue weighted by molar-refractivity contribution is -0.153. The summed E-state index contributed by atoms with van der Waals surface area (Å²) in [5.41, 5.74) is 0. The van der Waals surface area contributed by atoms with Gasteiger partial charge in [-0.25, -0.2) is 0 Å². The van der Waals surface area contributed by atoms with Crippen molar-refractivity contribution in [2.24, 2.45) is 17.8 Å². The summed E-state index contributed by atoms with van der Waals surface area (Å²) < 4.78 is 4.68. The standard InChI is InChI=1S/C26H39BrN2O5S/c1-6-10-12-28(11-7-2)24(32)22-26-14-17(27)21(35-26)19(25(33)34-13-8-3)20(26)23(31)29(22)18(15-30)16(5)9-4/h7-8,16-22,30H,2-3,6,9-15H2,1,4-5H3/t16-,17?,18-,19+,20-,21+,22?,26?/m0/s1. The van der Waals surface area contributed by atoms with Crippen LogP contribution in [0.3, 0.4) is 0 Å². The molecule has 9 heteroatoms. The topological polar surface area (TPSA) is 87.2 Å². The number of hydrogen-bond acceptors (Lipinski definition) is 6. The van der Waals surface area contributed by atoms with Gasteiger partial charge in [0.15, 0.2) is 0 Å². The molecule has 196 valence electrons. The molecule has 3 heterocycles. The fourth-order valence-electron chi connectivity index (χ4n) is 5.99. The number of unbranched alkanes of at least 4 members (excludes halogenated alkanes) is 1. The van der Waals surface area contributed by atoms with Crippen molar-refractivity contribution in [3.05, 3.63) is 25.3 Å². The fourth-order valence-corrected chi connectivity index (χ4v) is 9.58. The number of rotatable bonds is 13. The molecule has 3 aliphatic heterocycles. The second kappa shape index (κ2) is 11.8. The van der Waals surface area contributed by atoms with Gasteiger partial charge in [-0.15, -0.1) is 18.3 Å². The van der Waals surface area contributed by atoms with E-state index in [2.05, 4.69) is 36.0 Å². The molecule has 3 unspecified atom stereocenters. The highest BCUT2D eigenvalue weighted by Gasteiger charge is 2.76. The number of amides is 2. The Bertz CT molecular complexity index is 841. The molecule has 0 saturated carbocycles. The number of thioether (sulfide) groups is 1. The Kier molecular flexibility index (Phi) is 9.54. The van der Waals surface area contributed by atoms with Crippen molar-refractivity contribution in [2.75, 3.05) is 26.3 Å². The minimum absolute atomic E-state index is 0.00823. The van der Waals surface area contributed by atoms with E-state index >= 15 is 0 Å². The largest absolute Gasteiger partial charge is 0.461 e. The van der Waals surface area contributed by atoms with Crippen LogP contribution in [0.15, 0.2) is 25.3 Å². The van der Waals surface area contributed by atoms with Gasteiger partial charge in [-0.05, 0) is 18.8 Å². The second-order valence-electron chi connectivity index (χ2n) is 9.89. The van der Waals surface area contributed by atoms with Crippen molar-refractivity contribution < 1.29 is 24.2 Å². The number of aliphatic hydroxyl groups is 1. The summed E-state index contributed by atoms with van der Waals surface area (Å²) in [6.45, 7) is 14.3. The van der Waals surface area contributed by atoms with Crippen LogP contribution in [0.1, 0.15) is 46.5 Å². The molecule has 7 nitrogen and oxygen atoms in total. The third-order valence-electron chi connectivity index (χ3n) is 7.86. The first kappa shape index (κ1) is 28.3. The number of likely N-dealkylation sites (tertiary alicyclic amines) is 1. The van der Waals surface area contributed by atoms with E-state index in [0.29, 0.717) is 19.5 Å². The van der Waals surface area contributed by atoms with E-state index in [-0.39, 0.29) is 41.0 Å². The van der Waals surface area contributed by atoms with Crippen LogP contribution >= 0.6 is 27.7 Å². The van der Waals surface area contributed by atoms with Crippen molar-refractivity contribution in [3.8, 4) is 0 Å². The molecule has 0 radical (unpaired) electrons. The Hall–Kier alpha value is -1.32. The monoisotopic (exact) mass is 570 g/mol. The van der Waals surface area contributed by atoms with Gasteiger partial charge in [0.25, 0.3) is 0 Å². The smallest absolute Gasteiger partial charge is 0.311 e. The van der Waals surface area contributed by atoms with E-state index in [1.807, 2.05) is 13.8 Å². The van der Waals surface area contributed by atoms with Crippen molar-refractivity contribution in [1.29, 1.82) is 0 Å². The van der Waals surface area contributed by atoms with Gasteiger partial charge in [0, 0.05) is 23.2 Å². The lowest BCUT2D eigenvalue weighted by atomic mass is 9.71. The number of halogens is 1. The second-order valence-corrected chi connectivity index (χ2v) is 12.6. The maximum Gasteiger partial charge on any atom is 0.311 e. The predicted molar refractivity (Wildman–Crippen MR) is 142 cm³/mol. The SMILES string of the molecule is C=CCOC(=O)[C@H]1[C@@H]2SC3(CC2Br)C(C(=O)N(CC=C)CCCC)N([C@@H](CO)[C@@H](C)CC)C(=O)[C@H]13. The van der Waals surface area contributed by atoms with Crippen LogP contribution in [-0.2, 0) is 19.1 Å². The van der Waals surface area contributed by atoms with Crippen LogP contribution in [0, 0.1) is 17.8 Å². The molecule has 2 amide bonds. The van der Waals surface area contributed by atoms with Crippen LogP contribution < -0.4 is 0 Å². The summed E-state index contributed by atoms with van der Waals surface area (Å²) in [7, 11) is 0. The van der Waals surface area contributed by atoms with E-state index < -0.39 is 34.6 Å². The van der Waals surface area contributed by atoms with Crippen LogP contribution in [0.25, 0.3) is 0 Å². The summed E-state index contributed by atoms with van der Waals surface area (Å²) >= 11 is 5.34. The van der Waals surface area contributed by atoms with Gasteiger partial charge >= 0.3 is 5.97 Å². The molecule has 35 heavy (non-hydrogen) atoms. The highest BCUT2D eigenvalue weighted by Crippen LogP contribution is 2.68. The van der Waals surface area contributed by atoms with Crippen molar-refractivity contribution in [2.45, 2.75) is 73.4 Å². The minimum atomic E-state index is -0.754. The van der Waals surface area contributed by atoms with Crippen LogP contribution in [-0.4, -0.2) is 85.9 Å². The Morgan fingerprint density at radius 1 is 1.37 bits per heavy atom. The Labute approximate surface area is 221 Å². The zero-order valence-electron chi connectivity index (χ0n) is 21.0. The normalized spacial score (nSPS) is 32.8. The molecule has 0 aromatic rings. The molecular weight excluding hydrogens is 532 g/mol. The number of carbonyl (C=O) groups is 3. The third kappa shape index (κ3) is 4.85. The number of carbonyl (C=O) groups excluding carboxylic acids is 3. The number of fused-ring (bicyclic) bond motifs is 1. The molecule has 1 N–H and O–H groups in total. The number of hydrogen-bond donors (Lipinski definition) is 1. The number of ether oxygens (including phenoxy) is 1. The molecule has 1 spiro atoms. The summed E-state index contributed by atoms with van der Waals surface area (Å²) in [6, 6.07) is -1.26. The van der Waals surface area contributed by atoms with Gasteiger partial charge in [-0.2, -0.15) is 0 Å². The van der Waals surface area contributed by atoms with Crippen molar-refractivity contribution >= 4 is 45.5 Å². The van der Waals surface area contributed by atoms with Gasteiger partial charge in [0.05, 0.1) is 29.2 Å². The maximum atomic E-state index is 14.3. The van der Waals surface area contributed by atoms with Crippen LogP contribution in [0.2, 0.25) is 0 Å². The molecule has 8 atom stereocenters. The molecule has 2 bridgehead atoms. The molecule has 3 saturated heterocycles. The van der Waals surface area contributed by atoms with Crippen LogP contribution in [0.4, 0.5) is 0 Å². The zero-order chi connectivity index (χ0) is 25.9. The number of alkyl halides is 1. The summed E-state index contributed by atoms with van der Waals surface area (Å²) in [4.78, 5) is 45.0. The highest BCUT2D eigenvalue weighted by atomic mass is 79.9. The first-order valence-corrected chi connectivity index (χ1v) is 14.5. The van der Waals surface area contributed by atoms with Gasteiger partial charge < -0.3 is 19.6 Å². The Morgan fingerprint density at radius 2 is 2.09 bits per heavy atom. The Balaban J connectivity index is 2.11. The van der Waals surface area contributed by atoms with Crippen molar-refractivity contribution in [1.82, 2.24) is 9.80 Å². The number of aliphatic hydroxyl groups excluding tert-OH is 1. The lowest BCUT2D eigenvalue weighted by Gasteiger charge is -2.41. The van der Waals surface area contributed by atoms with Gasteiger partial charge in [-0.3, -0.25) is 14.4 Å². The van der Waals surface area contributed by atoms with Gasteiger partial charge in [0.1, 0.15) is 12.6 Å². The molecule has 0 aromatic carbocycles. The molecule has 3 rings (SSSR count). The number of nitrogens with zero attached hydrogens (tertiary/aromatic N) is 2. The van der Waals surface area contributed by atoms with Crippen LogP contribution in [0.5, 0.6) is 0 Å². The first-order chi connectivity index (χ1) is 16.7. The highest BCUT2D eigenvalue weighted by molar-refractivity contribution is 9.09. The fraction of sp³-hybridized carbons (Fsp3) is 0.731. The van der Waals surface area contributed by atoms with E-state index in [9.17, 15) is 19.5 Å². The zero-order valence-corrected chi connectivity index (χ0v) is 23.4. The van der Waals surface area contributed by atoms with E-state index in [1.165, 1.54) is 6.08 Å². The molecule has 0 aliphatic carbocycles. The molecular formula is C26H39BrN2O5S. The van der Waals surface area contributed by atoms with E-state index in [1.54, 1.807) is 27.6 Å². The van der Waals surface area contributed by atoms with Gasteiger partial charge in [-0.1, -0.05) is 68.3 Å². The minimum Gasteiger partial charge on any atom is -0.461 e. The molecule has 3 aliphatic rings. The average Bonchev–Trinajstić information content (AvgIpc) is 3.44. The summed E-state index contributed by atoms with van der Waals surface area (Å²) in [5, 5.41) is 10.3. The van der Waals surface area contributed by atoms with Crippen molar-refractivity contribution in [3.63, 3.8) is 0 Å². The maximum absolute atomic E-state index is 14.3. The van der Waals surface area contributed by atoms with E-state index in [4.69, 9.17) is 4.74 Å². The Morgan fingerprint density at radius 3 is 2.66 bits per heavy atom. The predicted octanol–water partition coefficient (Wildman–Crippen LogP) is 3.40. The average molecular weight is 572 g/mol. The molecule has 3 fully saturated rings. The molecule has 0 aromatic heterocycles. The summed E-state index contributed by atoms with van der Waals surface area (Å²) in [5.74, 6) is -2.07.